The van der Waals surface area contributed by atoms with E-state index in [1.807, 2.05) is 0 Å². The minimum Gasteiger partial charge on any atom is -0.508 e. The Morgan fingerprint density at radius 2 is 1.87 bits per heavy atom. The number of alkyl halides is 3. The van der Waals surface area contributed by atoms with Crippen LogP contribution in [0.5, 0.6) is 5.75 Å². The number of nitrogens with one attached hydrogen (secondary N) is 3. The first-order valence-electron chi connectivity index (χ1n) is 9.62. The molecule has 2 aliphatic heterocycles. The van der Waals surface area contributed by atoms with Crippen LogP contribution < -0.4 is 10.7 Å². The molecule has 1 fully saturated rings. The Labute approximate surface area is 174 Å². The molecule has 3 atom stereocenters. The van der Waals surface area contributed by atoms with Gasteiger partial charge in [0.15, 0.2) is 0 Å². The van der Waals surface area contributed by atoms with Crippen LogP contribution in [0.25, 0.3) is 16.6 Å². The average Bonchev–Trinajstić information content (AvgIpc) is 3.29. The third-order valence-corrected chi connectivity index (χ3v) is 5.67. The van der Waals surface area contributed by atoms with Crippen molar-refractivity contribution in [2.45, 2.75) is 31.2 Å². The summed E-state index contributed by atoms with van der Waals surface area (Å²) in [6.45, 7) is 1.64. The lowest BCUT2D eigenvalue weighted by atomic mass is 9.89. The van der Waals surface area contributed by atoms with Gasteiger partial charge in [-0.3, -0.25) is 4.79 Å². The summed E-state index contributed by atoms with van der Waals surface area (Å²) in [7, 11) is 0. The fourth-order valence-corrected chi connectivity index (χ4v) is 4.29. The highest BCUT2D eigenvalue weighted by molar-refractivity contribution is 6.20. The summed E-state index contributed by atoms with van der Waals surface area (Å²) in [6.07, 6.45) is -5.48. The number of phenols is 1. The van der Waals surface area contributed by atoms with E-state index in [1.54, 1.807) is 43.3 Å². The van der Waals surface area contributed by atoms with E-state index in [-0.39, 0.29) is 17.1 Å². The van der Waals surface area contributed by atoms with Crippen LogP contribution in [0.2, 0.25) is 0 Å². The third-order valence-electron chi connectivity index (χ3n) is 5.67. The maximum Gasteiger partial charge on any atom is 0.406 e. The fraction of sp³-hybridized carbons (Fsp3) is 0.238. The van der Waals surface area contributed by atoms with Crippen molar-refractivity contribution < 1.29 is 23.1 Å². The highest BCUT2D eigenvalue weighted by Crippen LogP contribution is 2.42. The van der Waals surface area contributed by atoms with E-state index in [2.05, 4.69) is 20.7 Å². The van der Waals surface area contributed by atoms with E-state index in [1.165, 1.54) is 12.1 Å². The number of amides is 1. The molecule has 2 aromatic carbocycles. The van der Waals surface area contributed by atoms with Gasteiger partial charge in [-0.05, 0) is 24.6 Å². The van der Waals surface area contributed by atoms with Crippen LogP contribution in [0.1, 0.15) is 24.2 Å². The van der Waals surface area contributed by atoms with Gasteiger partial charge in [-0.1, -0.05) is 30.3 Å². The SMILES string of the molecule is CC1=C(c2nc3ccc(O)cc3[nH]2)C(=O)N2NC(C(F)(F)F)C(c3ccccc3)C2N1. The monoisotopic (exact) mass is 429 g/mol. The van der Waals surface area contributed by atoms with Crippen LogP contribution in [0, 0.1) is 0 Å². The van der Waals surface area contributed by atoms with Gasteiger partial charge in [-0.25, -0.2) is 15.4 Å². The molecule has 5 rings (SSSR count). The van der Waals surface area contributed by atoms with Gasteiger partial charge in [0.1, 0.15) is 29.4 Å². The number of fused-ring (bicyclic) bond motifs is 2. The van der Waals surface area contributed by atoms with Crippen molar-refractivity contribution >= 4 is 22.5 Å². The number of nitrogens with zero attached hydrogens (tertiary/aromatic N) is 2. The van der Waals surface area contributed by atoms with Gasteiger partial charge in [0.2, 0.25) is 0 Å². The van der Waals surface area contributed by atoms with E-state index >= 15 is 0 Å². The second kappa shape index (κ2) is 6.74. The summed E-state index contributed by atoms with van der Waals surface area (Å²) < 4.78 is 41.6. The largest absolute Gasteiger partial charge is 0.508 e. The zero-order chi connectivity index (χ0) is 21.9. The van der Waals surface area contributed by atoms with E-state index in [4.69, 9.17) is 0 Å². The number of aromatic nitrogens is 2. The Morgan fingerprint density at radius 1 is 1.13 bits per heavy atom. The topological polar surface area (TPSA) is 93.3 Å². The number of benzene rings is 2. The number of hydrogen-bond donors (Lipinski definition) is 4. The molecule has 3 unspecified atom stereocenters. The molecule has 0 spiro atoms. The van der Waals surface area contributed by atoms with Gasteiger partial charge in [0.05, 0.1) is 17.0 Å². The first-order chi connectivity index (χ1) is 14.7. The number of H-pyrrole nitrogens is 1. The zero-order valence-electron chi connectivity index (χ0n) is 16.2. The van der Waals surface area contributed by atoms with Crippen molar-refractivity contribution in [1.82, 2.24) is 25.7 Å². The summed E-state index contributed by atoms with van der Waals surface area (Å²) in [5.41, 5.74) is 4.43. The maximum atomic E-state index is 13.9. The van der Waals surface area contributed by atoms with Gasteiger partial charge in [-0.15, -0.1) is 0 Å². The number of phenolic OH excluding ortho intramolecular Hbond substituents is 1. The van der Waals surface area contributed by atoms with E-state index < -0.39 is 30.2 Å². The Balaban J connectivity index is 1.58. The average molecular weight is 429 g/mol. The van der Waals surface area contributed by atoms with E-state index in [0.717, 1.165) is 5.01 Å². The van der Waals surface area contributed by atoms with Crippen LogP contribution in [0.15, 0.2) is 54.2 Å². The number of carbonyl (C=O) groups excluding carboxylic acids is 1. The molecule has 0 saturated carbocycles. The highest BCUT2D eigenvalue weighted by atomic mass is 19.4. The minimum atomic E-state index is -4.56. The molecule has 0 aliphatic carbocycles. The smallest absolute Gasteiger partial charge is 0.406 e. The standard InChI is InChI=1S/C21H18F3N5O2/c1-10-15(18-26-13-8-7-12(30)9-14(13)27-18)20(31)29-19(25-10)16(11-5-3-2-4-6-11)17(28-29)21(22,23)24/h2-9,16-17,19,25,28,30H,1H3,(H,26,27). The molecule has 160 valence electrons. The lowest BCUT2D eigenvalue weighted by Crippen LogP contribution is -2.54. The molecule has 7 nitrogen and oxygen atoms in total. The van der Waals surface area contributed by atoms with Crippen molar-refractivity contribution in [2.75, 3.05) is 0 Å². The molecule has 31 heavy (non-hydrogen) atoms. The van der Waals surface area contributed by atoms with Crippen LogP contribution in [-0.2, 0) is 4.79 Å². The number of halogens is 3. The lowest BCUT2D eigenvalue weighted by Gasteiger charge is -2.34. The third kappa shape index (κ3) is 3.10. The molecule has 2 aliphatic rings. The predicted octanol–water partition coefficient (Wildman–Crippen LogP) is 2.99. The number of rotatable bonds is 2. The molecule has 1 amide bonds. The first kappa shape index (κ1) is 19.4. The molecule has 4 N–H and O–H groups in total. The van der Waals surface area contributed by atoms with Gasteiger partial charge in [0, 0.05) is 11.8 Å². The number of allylic oxidation sites excluding steroid dienone is 1. The molecular weight excluding hydrogens is 411 g/mol. The van der Waals surface area contributed by atoms with Crippen molar-refractivity contribution in [3.63, 3.8) is 0 Å². The fourth-order valence-electron chi connectivity index (χ4n) is 4.29. The highest BCUT2D eigenvalue weighted by Gasteiger charge is 2.57. The number of hydrazine groups is 1. The molecule has 0 radical (unpaired) electrons. The number of imidazole rings is 1. The number of hydrogen-bond acceptors (Lipinski definition) is 5. The van der Waals surface area contributed by atoms with Crippen LogP contribution >= 0.6 is 0 Å². The summed E-state index contributed by atoms with van der Waals surface area (Å²) in [4.78, 5) is 20.6. The van der Waals surface area contributed by atoms with Crippen LogP contribution in [-0.4, -0.2) is 44.4 Å². The van der Waals surface area contributed by atoms with Crippen molar-refractivity contribution in [3.05, 3.63) is 65.6 Å². The second-order valence-corrected chi connectivity index (χ2v) is 7.64. The van der Waals surface area contributed by atoms with Gasteiger partial charge >= 0.3 is 6.18 Å². The van der Waals surface area contributed by atoms with Gasteiger partial charge in [0.25, 0.3) is 5.91 Å². The van der Waals surface area contributed by atoms with Crippen LogP contribution in [0.4, 0.5) is 13.2 Å². The summed E-state index contributed by atoms with van der Waals surface area (Å²) in [5, 5.41) is 13.7. The molecule has 3 aromatic rings. The number of aromatic amines is 1. The van der Waals surface area contributed by atoms with Crippen molar-refractivity contribution in [3.8, 4) is 5.75 Å². The molecule has 0 bridgehead atoms. The van der Waals surface area contributed by atoms with E-state index in [9.17, 15) is 23.1 Å². The zero-order valence-corrected chi connectivity index (χ0v) is 16.2. The second-order valence-electron chi connectivity index (χ2n) is 7.64. The van der Waals surface area contributed by atoms with Gasteiger partial charge in [-0.2, -0.15) is 13.2 Å². The number of aromatic hydroxyl groups is 1. The van der Waals surface area contributed by atoms with E-state index in [0.29, 0.717) is 22.3 Å². The van der Waals surface area contributed by atoms with Crippen LogP contribution in [0.3, 0.4) is 0 Å². The molecule has 1 saturated heterocycles. The molecule has 1 aromatic heterocycles. The quantitative estimate of drug-likeness (QED) is 0.503. The molecule has 10 heteroatoms. The maximum absolute atomic E-state index is 13.9. The molecular formula is C21H18F3N5O2. The Hall–Kier alpha value is -3.53. The predicted molar refractivity (Wildman–Crippen MR) is 106 cm³/mol. The molecule has 3 heterocycles. The van der Waals surface area contributed by atoms with Crippen molar-refractivity contribution in [1.29, 1.82) is 0 Å². The Morgan fingerprint density at radius 3 is 2.58 bits per heavy atom. The number of carbonyl (C=O) groups is 1. The summed E-state index contributed by atoms with van der Waals surface area (Å²) in [6, 6.07) is 10.9. The summed E-state index contributed by atoms with van der Waals surface area (Å²) >= 11 is 0. The lowest BCUT2D eigenvalue weighted by molar-refractivity contribution is -0.161. The van der Waals surface area contributed by atoms with Crippen molar-refractivity contribution in [2.24, 2.45) is 0 Å². The van der Waals surface area contributed by atoms with Gasteiger partial charge < -0.3 is 15.4 Å². The Kier molecular flexibility index (Phi) is 4.23. The normalized spacial score (nSPS) is 23.9. The first-order valence-corrected chi connectivity index (χ1v) is 9.62. The minimum absolute atomic E-state index is 0.0292. The Bertz CT molecular complexity index is 1200. The summed E-state index contributed by atoms with van der Waals surface area (Å²) in [5.74, 6) is -1.41.